The fourth-order valence-corrected chi connectivity index (χ4v) is 3.66. The number of carbonyl (C=O) groups is 2. The van der Waals surface area contributed by atoms with E-state index in [0.717, 1.165) is 48.4 Å². The lowest BCUT2D eigenvalue weighted by molar-refractivity contribution is 0.0600. The SMILES string of the molecule is CCCN(CCC)C(=O)c1ccc2nc(C)n(Cc3ccc(C(=O)OC)cc3)c2c1. The third-order valence-electron chi connectivity index (χ3n) is 5.18. The highest BCUT2D eigenvalue weighted by Crippen LogP contribution is 2.21. The smallest absolute Gasteiger partial charge is 0.337 e. The van der Waals surface area contributed by atoms with E-state index >= 15 is 0 Å². The highest BCUT2D eigenvalue weighted by atomic mass is 16.5. The number of amides is 1. The summed E-state index contributed by atoms with van der Waals surface area (Å²) < 4.78 is 6.86. The molecule has 0 radical (unpaired) electrons. The molecule has 6 nitrogen and oxygen atoms in total. The molecule has 0 aliphatic heterocycles. The third kappa shape index (κ3) is 4.53. The quantitative estimate of drug-likeness (QED) is 0.518. The van der Waals surface area contributed by atoms with Crippen LogP contribution in [0.3, 0.4) is 0 Å². The molecule has 3 aromatic rings. The molecule has 0 saturated carbocycles. The van der Waals surface area contributed by atoms with E-state index < -0.39 is 0 Å². The van der Waals surface area contributed by atoms with Gasteiger partial charge in [-0.3, -0.25) is 4.79 Å². The first-order chi connectivity index (χ1) is 14.5. The number of aromatic nitrogens is 2. The van der Waals surface area contributed by atoms with E-state index in [0.29, 0.717) is 17.7 Å². The highest BCUT2D eigenvalue weighted by molar-refractivity contribution is 5.97. The molecule has 0 spiro atoms. The van der Waals surface area contributed by atoms with E-state index in [1.165, 1.54) is 7.11 Å². The highest BCUT2D eigenvalue weighted by Gasteiger charge is 2.17. The molecule has 30 heavy (non-hydrogen) atoms. The number of hydrogen-bond acceptors (Lipinski definition) is 4. The fourth-order valence-electron chi connectivity index (χ4n) is 3.66. The summed E-state index contributed by atoms with van der Waals surface area (Å²) >= 11 is 0. The van der Waals surface area contributed by atoms with Crippen molar-refractivity contribution in [2.24, 2.45) is 0 Å². The van der Waals surface area contributed by atoms with Gasteiger partial charge in [-0.05, 0) is 55.7 Å². The summed E-state index contributed by atoms with van der Waals surface area (Å²) in [6.07, 6.45) is 1.87. The molecular weight excluding hydrogens is 378 g/mol. The number of hydrogen-bond donors (Lipinski definition) is 0. The van der Waals surface area contributed by atoms with E-state index in [-0.39, 0.29) is 11.9 Å². The lowest BCUT2D eigenvalue weighted by atomic mass is 10.1. The van der Waals surface area contributed by atoms with Crippen molar-refractivity contribution >= 4 is 22.9 Å². The predicted octanol–water partition coefficient (Wildman–Crippen LogP) is 4.44. The number of imidazole rings is 1. The van der Waals surface area contributed by atoms with Gasteiger partial charge in [0, 0.05) is 25.2 Å². The molecule has 158 valence electrons. The van der Waals surface area contributed by atoms with Crippen molar-refractivity contribution in [2.75, 3.05) is 20.2 Å². The van der Waals surface area contributed by atoms with Crippen LogP contribution < -0.4 is 0 Å². The normalized spacial score (nSPS) is 10.9. The van der Waals surface area contributed by atoms with Crippen LogP contribution in [0.5, 0.6) is 0 Å². The predicted molar refractivity (Wildman–Crippen MR) is 118 cm³/mol. The van der Waals surface area contributed by atoms with Gasteiger partial charge in [0.05, 0.1) is 23.7 Å². The molecule has 0 fully saturated rings. The van der Waals surface area contributed by atoms with Crippen molar-refractivity contribution in [3.8, 4) is 0 Å². The molecule has 0 unspecified atom stereocenters. The number of benzene rings is 2. The number of aryl methyl sites for hydroxylation is 1. The fraction of sp³-hybridized carbons (Fsp3) is 0.375. The van der Waals surface area contributed by atoms with E-state index in [1.54, 1.807) is 12.1 Å². The molecule has 0 N–H and O–H groups in total. The van der Waals surface area contributed by atoms with Crippen LogP contribution in [0.2, 0.25) is 0 Å². The monoisotopic (exact) mass is 407 g/mol. The summed E-state index contributed by atoms with van der Waals surface area (Å²) in [5, 5.41) is 0. The second kappa shape index (κ2) is 9.57. The minimum atomic E-state index is -0.349. The van der Waals surface area contributed by atoms with Crippen LogP contribution in [0.4, 0.5) is 0 Å². The number of rotatable bonds is 8. The Morgan fingerprint density at radius 3 is 2.23 bits per heavy atom. The van der Waals surface area contributed by atoms with Crippen LogP contribution in [-0.4, -0.2) is 46.5 Å². The second-order valence-corrected chi connectivity index (χ2v) is 7.43. The van der Waals surface area contributed by atoms with Gasteiger partial charge in [-0.25, -0.2) is 9.78 Å². The van der Waals surface area contributed by atoms with Crippen molar-refractivity contribution < 1.29 is 14.3 Å². The summed E-state index contributed by atoms with van der Waals surface area (Å²) in [6, 6.07) is 13.1. The van der Waals surface area contributed by atoms with Crippen LogP contribution in [0.15, 0.2) is 42.5 Å². The van der Waals surface area contributed by atoms with E-state index in [4.69, 9.17) is 4.74 Å². The Morgan fingerprint density at radius 2 is 1.63 bits per heavy atom. The molecule has 1 aromatic heterocycles. The Kier molecular flexibility index (Phi) is 6.87. The van der Waals surface area contributed by atoms with Crippen molar-refractivity contribution in [1.29, 1.82) is 0 Å². The number of carbonyl (C=O) groups excluding carboxylic acids is 2. The van der Waals surface area contributed by atoms with Crippen LogP contribution in [-0.2, 0) is 11.3 Å². The van der Waals surface area contributed by atoms with E-state index in [2.05, 4.69) is 23.4 Å². The Labute approximate surface area is 177 Å². The Bertz CT molecular complexity index is 1030. The first kappa shape index (κ1) is 21.6. The third-order valence-corrected chi connectivity index (χ3v) is 5.18. The number of ether oxygens (including phenoxy) is 1. The van der Waals surface area contributed by atoms with Gasteiger partial charge in [0.1, 0.15) is 5.82 Å². The van der Waals surface area contributed by atoms with Gasteiger partial charge >= 0.3 is 5.97 Å². The number of esters is 1. The molecule has 0 aliphatic rings. The standard InChI is InChI=1S/C24H29N3O3/c1-5-13-26(14-6-2)23(28)20-11-12-21-22(15-20)27(17(3)25-21)16-18-7-9-19(10-8-18)24(29)30-4/h7-12,15H,5-6,13-14,16H2,1-4H3. The number of fused-ring (bicyclic) bond motifs is 1. The van der Waals surface area contributed by atoms with Gasteiger partial charge in [-0.15, -0.1) is 0 Å². The van der Waals surface area contributed by atoms with Crippen molar-refractivity contribution in [3.05, 3.63) is 65.0 Å². The second-order valence-electron chi connectivity index (χ2n) is 7.43. The maximum Gasteiger partial charge on any atom is 0.337 e. The van der Waals surface area contributed by atoms with Crippen LogP contribution >= 0.6 is 0 Å². The lowest BCUT2D eigenvalue weighted by Gasteiger charge is -2.21. The molecule has 6 heteroatoms. The average Bonchev–Trinajstić information content (AvgIpc) is 3.07. The van der Waals surface area contributed by atoms with Gasteiger partial charge in [-0.2, -0.15) is 0 Å². The van der Waals surface area contributed by atoms with Gasteiger partial charge in [0.2, 0.25) is 0 Å². The molecule has 3 rings (SSSR count). The number of methoxy groups -OCH3 is 1. The maximum absolute atomic E-state index is 13.0. The first-order valence-corrected chi connectivity index (χ1v) is 10.4. The summed E-state index contributed by atoms with van der Waals surface area (Å²) in [6.45, 7) is 8.26. The van der Waals surface area contributed by atoms with Gasteiger partial charge in [0.25, 0.3) is 5.91 Å². The van der Waals surface area contributed by atoms with Crippen LogP contribution in [0, 0.1) is 6.92 Å². The summed E-state index contributed by atoms with van der Waals surface area (Å²) in [5.74, 6) is 0.594. The van der Waals surface area contributed by atoms with Gasteiger partial charge < -0.3 is 14.2 Å². The maximum atomic E-state index is 13.0. The minimum Gasteiger partial charge on any atom is -0.465 e. The zero-order valence-corrected chi connectivity index (χ0v) is 18.1. The average molecular weight is 408 g/mol. The largest absolute Gasteiger partial charge is 0.465 e. The molecule has 0 bridgehead atoms. The van der Waals surface area contributed by atoms with E-state index in [9.17, 15) is 9.59 Å². The topological polar surface area (TPSA) is 64.4 Å². The molecule has 0 aliphatic carbocycles. The Balaban J connectivity index is 1.92. The van der Waals surface area contributed by atoms with Crippen LogP contribution in [0.1, 0.15) is 58.8 Å². The van der Waals surface area contributed by atoms with Crippen molar-refractivity contribution in [1.82, 2.24) is 14.5 Å². The first-order valence-electron chi connectivity index (χ1n) is 10.4. The zero-order chi connectivity index (χ0) is 21.7. The van der Waals surface area contributed by atoms with Crippen LogP contribution in [0.25, 0.3) is 11.0 Å². The number of nitrogens with zero attached hydrogens (tertiary/aromatic N) is 3. The molecule has 1 heterocycles. The lowest BCUT2D eigenvalue weighted by Crippen LogP contribution is -2.32. The summed E-state index contributed by atoms with van der Waals surface area (Å²) in [4.78, 5) is 31.2. The summed E-state index contributed by atoms with van der Waals surface area (Å²) in [7, 11) is 1.37. The summed E-state index contributed by atoms with van der Waals surface area (Å²) in [5.41, 5.74) is 4.05. The molecule has 1 amide bonds. The van der Waals surface area contributed by atoms with E-state index in [1.807, 2.05) is 42.2 Å². The molecular formula is C24H29N3O3. The minimum absolute atomic E-state index is 0.0634. The van der Waals surface area contributed by atoms with Gasteiger partial charge in [-0.1, -0.05) is 26.0 Å². The van der Waals surface area contributed by atoms with Crippen molar-refractivity contribution in [3.63, 3.8) is 0 Å². The molecule has 0 atom stereocenters. The Morgan fingerprint density at radius 1 is 1.00 bits per heavy atom. The zero-order valence-electron chi connectivity index (χ0n) is 18.1. The van der Waals surface area contributed by atoms with Gasteiger partial charge in [0.15, 0.2) is 0 Å². The molecule has 2 aromatic carbocycles. The van der Waals surface area contributed by atoms with Crippen molar-refractivity contribution in [2.45, 2.75) is 40.2 Å². The Hall–Kier alpha value is -3.15. The molecule has 0 saturated heterocycles.